The van der Waals surface area contributed by atoms with E-state index in [2.05, 4.69) is 16.5 Å². The summed E-state index contributed by atoms with van der Waals surface area (Å²) in [6.07, 6.45) is 2.26. The number of rotatable bonds is 7. The highest BCUT2D eigenvalue weighted by Gasteiger charge is 2.28. The molecule has 2 rings (SSSR count). The highest BCUT2D eigenvalue weighted by atomic mass is 16.2. The van der Waals surface area contributed by atoms with Crippen molar-refractivity contribution < 1.29 is 4.79 Å². The van der Waals surface area contributed by atoms with Gasteiger partial charge in [0.05, 0.1) is 16.9 Å². The van der Waals surface area contributed by atoms with Gasteiger partial charge in [-0.2, -0.15) is 5.10 Å². The topological polar surface area (TPSA) is 72.9 Å². The summed E-state index contributed by atoms with van der Waals surface area (Å²) in [4.78, 5) is 12.4. The number of carbonyl (C=O) groups is 1. The summed E-state index contributed by atoms with van der Waals surface area (Å²) in [6, 6.07) is 12.1. The predicted molar refractivity (Wildman–Crippen MR) is 97.1 cm³/mol. The van der Waals surface area contributed by atoms with Crippen LogP contribution in [0.25, 0.3) is 5.69 Å². The number of aromatic nitrogens is 2. The van der Waals surface area contributed by atoms with E-state index in [9.17, 15) is 4.79 Å². The molecule has 130 valence electrons. The molecule has 5 nitrogen and oxygen atoms in total. The third-order valence-electron chi connectivity index (χ3n) is 4.09. The molecule has 0 fully saturated rings. The minimum atomic E-state index is -0.821. The summed E-state index contributed by atoms with van der Waals surface area (Å²) in [5, 5.41) is 7.61. The van der Waals surface area contributed by atoms with Crippen LogP contribution in [0.2, 0.25) is 0 Å². The molecule has 2 atom stereocenters. The summed E-state index contributed by atoms with van der Waals surface area (Å²) in [7, 11) is 0. The average molecular weight is 328 g/mol. The first-order valence-electron chi connectivity index (χ1n) is 8.54. The minimum Gasteiger partial charge on any atom is -0.352 e. The van der Waals surface area contributed by atoms with E-state index < -0.39 is 5.54 Å². The first-order valence-corrected chi connectivity index (χ1v) is 8.54. The van der Waals surface area contributed by atoms with E-state index in [0.717, 1.165) is 23.5 Å². The molecule has 5 heteroatoms. The summed E-state index contributed by atoms with van der Waals surface area (Å²) < 4.78 is 1.94. The van der Waals surface area contributed by atoms with Crippen molar-refractivity contribution in [1.29, 1.82) is 0 Å². The number of benzene rings is 1. The Morgan fingerprint density at radius 2 is 2.04 bits per heavy atom. The van der Waals surface area contributed by atoms with Crippen molar-refractivity contribution >= 4 is 5.91 Å². The number of nitrogens with zero attached hydrogens (tertiary/aromatic N) is 2. The number of aryl methyl sites for hydroxylation is 1. The van der Waals surface area contributed by atoms with Crippen LogP contribution >= 0.6 is 0 Å². The van der Waals surface area contributed by atoms with Crippen molar-refractivity contribution in [1.82, 2.24) is 15.1 Å². The third kappa shape index (κ3) is 4.45. The van der Waals surface area contributed by atoms with Gasteiger partial charge in [0.2, 0.25) is 5.91 Å². The fraction of sp³-hybridized carbons (Fsp3) is 0.474. The lowest BCUT2D eigenvalue weighted by Crippen LogP contribution is -2.54. The molecule has 1 aromatic carbocycles. The maximum Gasteiger partial charge on any atom is 0.240 e. The van der Waals surface area contributed by atoms with Crippen molar-refractivity contribution in [2.45, 2.75) is 58.5 Å². The number of amides is 1. The molecule has 0 radical (unpaired) electrons. The molecule has 0 aliphatic carbocycles. The zero-order valence-electron chi connectivity index (χ0n) is 15.0. The first kappa shape index (κ1) is 18.2. The maximum atomic E-state index is 12.4. The van der Waals surface area contributed by atoms with Gasteiger partial charge in [-0.3, -0.25) is 4.79 Å². The van der Waals surface area contributed by atoms with Crippen LogP contribution in [0, 0.1) is 6.92 Å². The zero-order valence-corrected chi connectivity index (χ0v) is 15.0. The summed E-state index contributed by atoms with van der Waals surface area (Å²) in [6.45, 7) is 7.79. The van der Waals surface area contributed by atoms with Gasteiger partial charge in [-0.15, -0.1) is 0 Å². The van der Waals surface area contributed by atoms with Crippen molar-refractivity contribution in [2.24, 2.45) is 5.73 Å². The van der Waals surface area contributed by atoms with E-state index in [1.54, 1.807) is 6.92 Å². The van der Waals surface area contributed by atoms with E-state index in [1.165, 1.54) is 0 Å². The number of hydrogen-bond donors (Lipinski definition) is 2. The van der Waals surface area contributed by atoms with Crippen LogP contribution in [0.1, 0.15) is 45.0 Å². The molecule has 2 unspecified atom stereocenters. The van der Waals surface area contributed by atoms with Crippen molar-refractivity contribution in [2.75, 3.05) is 0 Å². The molecule has 3 N–H and O–H groups in total. The fourth-order valence-electron chi connectivity index (χ4n) is 2.88. The minimum absolute atomic E-state index is 0.0178. The lowest BCUT2D eigenvalue weighted by molar-refractivity contribution is -0.126. The maximum absolute atomic E-state index is 12.4. The van der Waals surface area contributed by atoms with Crippen LogP contribution in [-0.2, 0) is 11.2 Å². The van der Waals surface area contributed by atoms with Gasteiger partial charge in [0.25, 0.3) is 0 Å². The molecular weight excluding hydrogens is 300 g/mol. The normalized spacial score (nSPS) is 14.9. The smallest absolute Gasteiger partial charge is 0.240 e. The Kier molecular flexibility index (Phi) is 5.78. The standard InChI is InChI=1S/C19H28N4O/c1-5-11-19(4,20)18(24)21-14(2)12-17-13-15(3)22-23(17)16-9-7-6-8-10-16/h6-10,13-14H,5,11-12,20H2,1-4H3,(H,21,24). The van der Waals surface area contributed by atoms with Gasteiger partial charge in [-0.1, -0.05) is 31.5 Å². The molecule has 0 bridgehead atoms. The second-order valence-corrected chi connectivity index (χ2v) is 6.77. The quantitative estimate of drug-likeness (QED) is 0.821. The van der Waals surface area contributed by atoms with E-state index >= 15 is 0 Å². The highest BCUT2D eigenvalue weighted by Crippen LogP contribution is 2.15. The van der Waals surface area contributed by atoms with Crippen molar-refractivity contribution in [3.63, 3.8) is 0 Å². The second-order valence-electron chi connectivity index (χ2n) is 6.77. The number of nitrogens with one attached hydrogen (secondary N) is 1. The van der Waals surface area contributed by atoms with E-state index in [0.29, 0.717) is 12.8 Å². The van der Waals surface area contributed by atoms with Gasteiger partial charge in [-0.05, 0) is 45.4 Å². The van der Waals surface area contributed by atoms with Crippen LogP contribution in [0.15, 0.2) is 36.4 Å². The highest BCUT2D eigenvalue weighted by molar-refractivity contribution is 5.85. The van der Waals surface area contributed by atoms with Crippen molar-refractivity contribution in [3.8, 4) is 5.69 Å². The second kappa shape index (κ2) is 7.62. The molecular formula is C19H28N4O. The molecule has 0 spiro atoms. The summed E-state index contributed by atoms with van der Waals surface area (Å²) in [5.74, 6) is -0.0978. The van der Waals surface area contributed by atoms with Gasteiger partial charge in [0.15, 0.2) is 0 Å². The van der Waals surface area contributed by atoms with Crippen LogP contribution < -0.4 is 11.1 Å². The summed E-state index contributed by atoms with van der Waals surface area (Å²) >= 11 is 0. The predicted octanol–water partition coefficient (Wildman–Crippen LogP) is 2.75. The third-order valence-corrected chi connectivity index (χ3v) is 4.09. The van der Waals surface area contributed by atoms with Gasteiger partial charge in [0.1, 0.15) is 0 Å². The molecule has 1 amide bonds. The average Bonchev–Trinajstić information content (AvgIpc) is 2.88. The Balaban J connectivity index is 2.10. The molecule has 0 saturated carbocycles. The molecule has 0 aliphatic rings. The SMILES string of the molecule is CCCC(C)(N)C(=O)NC(C)Cc1cc(C)nn1-c1ccccc1. The number of nitrogens with two attached hydrogens (primary N) is 1. The Bertz CT molecular complexity index is 676. The van der Waals surface area contributed by atoms with Crippen molar-refractivity contribution in [3.05, 3.63) is 47.8 Å². The lowest BCUT2D eigenvalue weighted by atomic mass is 9.96. The first-order chi connectivity index (χ1) is 11.3. The van der Waals surface area contributed by atoms with E-state index in [-0.39, 0.29) is 11.9 Å². The van der Waals surface area contributed by atoms with Gasteiger partial charge in [-0.25, -0.2) is 4.68 Å². The fourth-order valence-corrected chi connectivity index (χ4v) is 2.88. The van der Waals surface area contributed by atoms with Crippen LogP contribution in [0.4, 0.5) is 0 Å². The molecule has 0 saturated heterocycles. The van der Waals surface area contributed by atoms with Gasteiger partial charge < -0.3 is 11.1 Å². The Morgan fingerprint density at radius 3 is 2.67 bits per heavy atom. The monoisotopic (exact) mass is 328 g/mol. The van der Waals surface area contributed by atoms with E-state index in [4.69, 9.17) is 5.73 Å². The van der Waals surface area contributed by atoms with Gasteiger partial charge in [0, 0.05) is 18.2 Å². The zero-order chi connectivity index (χ0) is 17.7. The molecule has 0 aliphatic heterocycles. The molecule has 2 aromatic rings. The number of para-hydroxylation sites is 1. The van der Waals surface area contributed by atoms with Gasteiger partial charge >= 0.3 is 0 Å². The van der Waals surface area contributed by atoms with E-state index in [1.807, 2.05) is 55.8 Å². The Labute approximate surface area is 144 Å². The largest absolute Gasteiger partial charge is 0.352 e. The number of hydrogen-bond acceptors (Lipinski definition) is 3. The van der Waals surface area contributed by atoms with Crippen LogP contribution in [0.5, 0.6) is 0 Å². The number of carbonyl (C=O) groups excluding carboxylic acids is 1. The lowest BCUT2D eigenvalue weighted by Gasteiger charge is -2.25. The Hall–Kier alpha value is -2.14. The Morgan fingerprint density at radius 1 is 1.38 bits per heavy atom. The molecule has 1 heterocycles. The summed E-state index contributed by atoms with van der Waals surface area (Å²) in [5.41, 5.74) is 8.34. The van der Waals surface area contributed by atoms with Crippen LogP contribution in [0.3, 0.4) is 0 Å². The van der Waals surface area contributed by atoms with Crippen LogP contribution in [-0.4, -0.2) is 27.3 Å². The molecule has 1 aromatic heterocycles. The molecule has 24 heavy (non-hydrogen) atoms.